The molecule has 0 aliphatic rings. The molecule has 0 fully saturated rings. The molecular weight excluding hydrogens is 352 g/mol. The van der Waals surface area contributed by atoms with Gasteiger partial charge < -0.3 is 10.4 Å². The van der Waals surface area contributed by atoms with Gasteiger partial charge in [-0.25, -0.2) is 0 Å². The van der Waals surface area contributed by atoms with Gasteiger partial charge in [0.05, 0.1) is 22.4 Å². The predicted molar refractivity (Wildman–Crippen MR) is 104 cm³/mol. The van der Waals surface area contributed by atoms with Crippen LogP contribution in [0.1, 0.15) is 5.56 Å². The zero-order chi connectivity index (χ0) is 18.5. The lowest BCUT2D eigenvalue weighted by Gasteiger charge is -2.08. The lowest BCUT2D eigenvalue weighted by molar-refractivity contribution is -0.384. The highest BCUT2D eigenvalue weighted by molar-refractivity contribution is 7.99. The Labute approximate surface area is 154 Å². The van der Waals surface area contributed by atoms with Crippen molar-refractivity contribution in [2.75, 3.05) is 11.1 Å². The smallest absolute Gasteiger partial charge is 0.273 e. The van der Waals surface area contributed by atoms with Crippen molar-refractivity contribution in [3.63, 3.8) is 0 Å². The van der Waals surface area contributed by atoms with Gasteiger partial charge in [0.15, 0.2) is 0 Å². The van der Waals surface area contributed by atoms with Gasteiger partial charge in [0, 0.05) is 11.8 Å². The van der Waals surface area contributed by atoms with E-state index < -0.39 is 4.92 Å². The number of benzene rings is 3. The maximum absolute atomic E-state index is 12.1. The molecule has 0 saturated carbocycles. The first-order chi connectivity index (χ1) is 12.5. The molecule has 6 nitrogen and oxygen atoms in total. The molecule has 7 heteroatoms. The molecule has 0 unspecified atom stereocenters. The van der Waals surface area contributed by atoms with Gasteiger partial charge in [-0.3, -0.25) is 14.9 Å². The van der Waals surface area contributed by atoms with Crippen molar-refractivity contribution in [1.82, 2.24) is 0 Å². The number of non-ortho nitro benzene ring substituents is 1. The fourth-order valence-electron chi connectivity index (χ4n) is 2.60. The monoisotopic (exact) mass is 368 g/mol. The molecule has 0 atom stereocenters. The van der Waals surface area contributed by atoms with Crippen molar-refractivity contribution in [3.05, 3.63) is 76.3 Å². The number of aromatic hydroxyl groups is 1. The summed E-state index contributed by atoms with van der Waals surface area (Å²) in [4.78, 5) is 22.1. The first kappa shape index (κ1) is 17.8. The second-order valence-electron chi connectivity index (χ2n) is 5.64. The van der Waals surface area contributed by atoms with Crippen LogP contribution in [0.3, 0.4) is 0 Å². The lowest BCUT2D eigenvalue weighted by Crippen LogP contribution is -2.14. The van der Waals surface area contributed by atoms with Gasteiger partial charge in [-0.2, -0.15) is 0 Å². The Hall–Kier alpha value is -3.06. The van der Waals surface area contributed by atoms with E-state index >= 15 is 0 Å². The Morgan fingerprint density at radius 1 is 1.12 bits per heavy atom. The molecule has 2 N–H and O–H groups in total. The molecule has 1 amide bonds. The molecule has 0 heterocycles. The highest BCUT2D eigenvalue weighted by Crippen LogP contribution is 2.28. The van der Waals surface area contributed by atoms with Gasteiger partial charge in [-0.05, 0) is 22.4 Å². The minimum absolute atomic E-state index is 0.159. The number of anilines is 1. The molecule has 0 aliphatic carbocycles. The van der Waals surface area contributed by atoms with Crippen molar-refractivity contribution in [1.29, 1.82) is 0 Å². The van der Waals surface area contributed by atoms with Gasteiger partial charge in [-0.15, -0.1) is 11.8 Å². The number of hydrogen-bond donors (Lipinski definition) is 2. The summed E-state index contributed by atoms with van der Waals surface area (Å²) < 4.78 is 0. The number of hydrogen-bond acceptors (Lipinski definition) is 5. The maximum atomic E-state index is 12.1. The van der Waals surface area contributed by atoms with E-state index in [2.05, 4.69) is 11.4 Å². The van der Waals surface area contributed by atoms with Crippen LogP contribution in [-0.2, 0) is 10.5 Å². The van der Waals surface area contributed by atoms with Crippen molar-refractivity contribution < 1.29 is 14.8 Å². The van der Waals surface area contributed by atoms with Crippen LogP contribution in [0.4, 0.5) is 11.4 Å². The number of thioether (sulfide) groups is 1. The van der Waals surface area contributed by atoms with Crippen LogP contribution in [0.15, 0.2) is 60.7 Å². The third-order valence-corrected chi connectivity index (χ3v) is 4.82. The normalized spacial score (nSPS) is 10.6. The number of nitro benzene ring substituents is 1. The van der Waals surface area contributed by atoms with Gasteiger partial charge in [0.25, 0.3) is 5.69 Å². The van der Waals surface area contributed by atoms with Crippen LogP contribution < -0.4 is 5.32 Å². The Morgan fingerprint density at radius 2 is 1.88 bits per heavy atom. The molecule has 0 aromatic heterocycles. The maximum Gasteiger partial charge on any atom is 0.273 e. The number of carbonyl (C=O) groups excluding carboxylic acids is 1. The minimum Gasteiger partial charge on any atom is -0.506 e. The van der Waals surface area contributed by atoms with Crippen molar-refractivity contribution in [3.8, 4) is 5.75 Å². The Kier molecular flexibility index (Phi) is 5.38. The first-order valence-corrected chi connectivity index (χ1v) is 9.02. The summed E-state index contributed by atoms with van der Waals surface area (Å²) >= 11 is 1.46. The summed E-state index contributed by atoms with van der Waals surface area (Å²) in [5, 5.41) is 25.3. The number of nitro groups is 1. The van der Waals surface area contributed by atoms with Crippen molar-refractivity contribution in [2.45, 2.75) is 5.75 Å². The highest BCUT2D eigenvalue weighted by Gasteiger charge is 2.12. The Morgan fingerprint density at radius 3 is 2.65 bits per heavy atom. The minimum atomic E-state index is -0.606. The summed E-state index contributed by atoms with van der Waals surface area (Å²) in [6.07, 6.45) is 0. The van der Waals surface area contributed by atoms with Gasteiger partial charge in [-0.1, -0.05) is 42.5 Å². The molecule has 0 saturated heterocycles. The van der Waals surface area contributed by atoms with E-state index in [0.29, 0.717) is 5.75 Å². The van der Waals surface area contributed by atoms with Crippen LogP contribution in [0.5, 0.6) is 5.75 Å². The van der Waals surface area contributed by atoms with E-state index in [1.165, 1.54) is 23.9 Å². The molecule has 3 aromatic rings. The fraction of sp³-hybridized carbons (Fsp3) is 0.105. The van der Waals surface area contributed by atoms with E-state index in [1.54, 1.807) is 0 Å². The number of phenols is 1. The summed E-state index contributed by atoms with van der Waals surface area (Å²) in [6.45, 7) is 0. The van der Waals surface area contributed by atoms with E-state index in [-0.39, 0.29) is 28.8 Å². The van der Waals surface area contributed by atoms with E-state index in [4.69, 9.17) is 0 Å². The van der Waals surface area contributed by atoms with Gasteiger partial charge in [0.1, 0.15) is 5.75 Å². The summed E-state index contributed by atoms with van der Waals surface area (Å²) in [7, 11) is 0. The van der Waals surface area contributed by atoms with Crippen LogP contribution in [0, 0.1) is 10.1 Å². The summed E-state index contributed by atoms with van der Waals surface area (Å²) in [5.74, 6) is 0.284. The predicted octanol–water partition coefficient (Wildman–Crippen LogP) is 4.33. The zero-order valence-corrected chi connectivity index (χ0v) is 14.5. The van der Waals surface area contributed by atoms with E-state index in [9.17, 15) is 20.0 Å². The van der Waals surface area contributed by atoms with Gasteiger partial charge >= 0.3 is 0 Å². The number of rotatable bonds is 6. The summed E-state index contributed by atoms with van der Waals surface area (Å²) in [5.41, 5.74) is 1.08. The van der Waals surface area contributed by atoms with Gasteiger partial charge in [0.2, 0.25) is 5.91 Å². The molecule has 0 aliphatic heterocycles. The standard InChI is InChI=1S/C19H16N2O4S/c22-18-10-15(21(24)25)8-9-17(18)20-19(23)12-26-11-14-6-3-5-13-4-1-2-7-16(13)14/h1-10,22H,11-12H2,(H,20,23). The Bertz CT molecular complexity index is 969. The van der Waals surface area contributed by atoms with Crippen LogP contribution in [-0.4, -0.2) is 21.7 Å². The van der Waals surface area contributed by atoms with Crippen molar-refractivity contribution in [2.24, 2.45) is 0 Å². The molecule has 26 heavy (non-hydrogen) atoms. The fourth-order valence-corrected chi connectivity index (χ4v) is 3.43. The summed E-state index contributed by atoms with van der Waals surface area (Å²) in [6, 6.07) is 17.7. The average molecular weight is 368 g/mol. The molecule has 0 bridgehead atoms. The third-order valence-electron chi connectivity index (χ3n) is 3.84. The first-order valence-electron chi connectivity index (χ1n) is 7.86. The number of fused-ring (bicyclic) bond motifs is 1. The largest absolute Gasteiger partial charge is 0.506 e. The van der Waals surface area contributed by atoms with Crippen molar-refractivity contribution >= 4 is 39.8 Å². The molecule has 3 rings (SSSR count). The third kappa shape index (κ3) is 4.12. The molecule has 0 radical (unpaired) electrons. The molecule has 0 spiro atoms. The van der Waals surface area contributed by atoms with E-state index in [1.807, 2.05) is 36.4 Å². The number of nitrogens with zero attached hydrogens (tertiary/aromatic N) is 1. The van der Waals surface area contributed by atoms with E-state index in [0.717, 1.165) is 22.4 Å². The van der Waals surface area contributed by atoms with Crippen LogP contribution in [0.25, 0.3) is 10.8 Å². The zero-order valence-electron chi connectivity index (χ0n) is 13.7. The molecule has 3 aromatic carbocycles. The molecule has 132 valence electrons. The second-order valence-corrected chi connectivity index (χ2v) is 6.62. The number of carbonyl (C=O) groups is 1. The number of amides is 1. The number of nitrogens with one attached hydrogen (secondary N) is 1. The molecular formula is C19H16N2O4S. The quantitative estimate of drug-likeness (QED) is 0.384. The SMILES string of the molecule is O=C(CSCc1cccc2ccccc12)Nc1ccc([N+](=O)[O-])cc1O. The lowest BCUT2D eigenvalue weighted by atomic mass is 10.1. The topological polar surface area (TPSA) is 92.5 Å². The second kappa shape index (κ2) is 7.88. The number of phenolic OH excluding ortho intramolecular Hbond substituents is 1. The average Bonchev–Trinajstić information content (AvgIpc) is 2.63. The van der Waals surface area contributed by atoms with Crippen LogP contribution >= 0.6 is 11.8 Å². The highest BCUT2D eigenvalue weighted by atomic mass is 32.2. The van der Waals surface area contributed by atoms with Crippen LogP contribution in [0.2, 0.25) is 0 Å². The Balaban J connectivity index is 1.58.